The van der Waals surface area contributed by atoms with E-state index in [1.165, 1.54) is 12.1 Å². The molecule has 114 valence electrons. The van der Waals surface area contributed by atoms with Crippen molar-refractivity contribution in [3.63, 3.8) is 0 Å². The summed E-state index contributed by atoms with van der Waals surface area (Å²) in [7, 11) is 1.75. The minimum absolute atomic E-state index is 0. The monoisotopic (exact) mass is 310 g/mol. The number of amides is 1. The SMILES string of the molecule is CNCC(C)C(=O)NCc1ccc(C(F)(F)F)cc1.Cl. The van der Waals surface area contributed by atoms with Crippen molar-refractivity contribution in [1.29, 1.82) is 0 Å². The Kier molecular flexibility index (Phi) is 7.60. The quantitative estimate of drug-likeness (QED) is 0.878. The normalized spacial score (nSPS) is 12.4. The highest BCUT2D eigenvalue weighted by Crippen LogP contribution is 2.28. The first kappa shape index (κ1) is 18.7. The van der Waals surface area contributed by atoms with Crippen LogP contribution in [0, 0.1) is 5.92 Å². The van der Waals surface area contributed by atoms with Crippen LogP contribution in [0.4, 0.5) is 13.2 Å². The van der Waals surface area contributed by atoms with Gasteiger partial charge in [0.2, 0.25) is 5.91 Å². The van der Waals surface area contributed by atoms with Gasteiger partial charge in [-0.3, -0.25) is 4.79 Å². The van der Waals surface area contributed by atoms with Gasteiger partial charge in [-0.15, -0.1) is 12.4 Å². The van der Waals surface area contributed by atoms with E-state index in [1.54, 1.807) is 14.0 Å². The maximum absolute atomic E-state index is 12.3. The Balaban J connectivity index is 0.00000361. The smallest absolute Gasteiger partial charge is 0.352 e. The van der Waals surface area contributed by atoms with Crippen molar-refractivity contribution in [2.24, 2.45) is 5.92 Å². The van der Waals surface area contributed by atoms with E-state index >= 15 is 0 Å². The van der Waals surface area contributed by atoms with Crippen LogP contribution < -0.4 is 10.6 Å². The minimum Gasteiger partial charge on any atom is -0.352 e. The lowest BCUT2D eigenvalue weighted by molar-refractivity contribution is -0.137. The van der Waals surface area contributed by atoms with E-state index in [2.05, 4.69) is 10.6 Å². The van der Waals surface area contributed by atoms with Crippen LogP contribution in [-0.4, -0.2) is 19.5 Å². The summed E-state index contributed by atoms with van der Waals surface area (Å²) in [6.07, 6.45) is -4.33. The van der Waals surface area contributed by atoms with E-state index in [9.17, 15) is 18.0 Å². The van der Waals surface area contributed by atoms with E-state index < -0.39 is 11.7 Å². The molecule has 3 nitrogen and oxygen atoms in total. The zero-order valence-corrected chi connectivity index (χ0v) is 12.1. The van der Waals surface area contributed by atoms with Gasteiger partial charge in [0.05, 0.1) is 5.56 Å². The molecule has 1 aromatic carbocycles. The van der Waals surface area contributed by atoms with Crippen LogP contribution >= 0.6 is 12.4 Å². The molecule has 0 aliphatic rings. The highest BCUT2D eigenvalue weighted by atomic mass is 35.5. The van der Waals surface area contributed by atoms with Gasteiger partial charge in [0.15, 0.2) is 0 Å². The van der Waals surface area contributed by atoms with Crippen molar-refractivity contribution in [3.8, 4) is 0 Å². The first-order valence-corrected chi connectivity index (χ1v) is 5.93. The molecule has 0 aliphatic carbocycles. The first-order chi connectivity index (χ1) is 8.84. The maximum Gasteiger partial charge on any atom is 0.416 e. The van der Waals surface area contributed by atoms with E-state index in [0.717, 1.165) is 12.1 Å². The van der Waals surface area contributed by atoms with Crippen LogP contribution in [0.1, 0.15) is 18.1 Å². The third kappa shape index (κ3) is 5.79. The summed E-state index contributed by atoms with van der Waals surface area (Å²) in [5.41, 5.74) is -0.0517. The number of rotatable bonds is 5. The molecular weight excluding hydrogens is 293 g/mol. The Labute approximate surface area is 122 Å². The lowest BCUT2D eigenvalue weighted by Crippen LogP contribution is -2.33. The van der Waals surface area contributed by atoms with Crippen molar-refractivity contribution in [2.45, 2.75) is 19.6 Å². The number of carbonyl (C=O) groups is 1. The second-order valence-corrected chi connectivity index (χ2v) is 4.37. The number of nitrogens with one attached hydrogen (secondary N) is 2. The molecule has 0 aromatic heterocycles. The molecule has 1 atom stereocenters. The molecule has 7 heteroatoms. The van der Waals surface area contributed by atoms with Crippen LogP contribution in [0.2, 0.25) is 0 Å². The van der Waals surface area contributed by atoms with Gasteiger partial charge < -0.3 is 10.6 Å². The van der Waals surface area contributed by atoms with Crippen molar-refractivity contribution >= 4 is 18.3 Å². The number of hydrogen-bond acceptors (Lipinski definition) is 2. The van der Waals surface area contributed by atoms with E-state index in [0.29, 0.717) is 12.1 Å². The highest BCUT2D eigenvalue weighted by molar-refractivity contribution is 5.85. The lowest BCUT2D eigenvalue weighted by atomic mass is 10.1. The van der Waals surface area contributed by atoms with Crippen molar-refractivity contribution < 1.29 is 18.0 Å². The average Bonchev–Trinajstić information content (AvgIpc) is 2.35. The third-order valence-corrected chi connectivity index (χ3v) is 2.71. The Hall–Kier alpha value is -1.27. The summed E-state index contributed by atoms with van der Waals surface area (Å²) in [4.78, 5) is 11.6. The number of hydrogen-bond donors (Lipinski definition) is 2. The predicted octanol–water partition coefficient (Wildman–Crippen LogP) is 2.60. The second-order valence-electron chi connectivity index (χ2n) is 4.37. The van der Waals surface area contributed by atoms with E-state index in [4.69, 9.17) is 0 Å². The highest BCUT2D eigenvalue weighted by Gasteiger charge is 2.29. The van der Waals surface area contributed by atoms with Gasteiger partial charge >= 0.3 is 6.18 Å². The molecule has 1 unspecified atom stereocenters. The largest absolute Gasteiger partial charge is 0.416 e. The molecule has 1 aromatic rings. The van der Waals surface area contributed by atoms with Gasteiger partial charge in [-0.2, -0.15) is 13.2 Å². The molecule has 0 radical (unpaired) electrons. The molecule has 0 saturated heterocycles. The molecule has 20 heavy (non-hydrogen) atoms. The van der Waals surface area contributed by atoms with Gasteiger partial charge in [-0.1, -0.05) is 19.1 Å². The standard InChI is InChI=1S/C13H17F3N2O.ClH/c1-9(7-17-2)12(19)18-8-10-3-5-11(6-4-10)13(14,15)16;/h3-6,9,17H,7-8H2,1-2H3,(H,18,19);1H. The number of carbonyl (C=O) groups excluding carboxylic acids is 1. The van der Waals surface area contributed by atoms with Crippen LogP contribution in [0.25, 0.3) is 0 Å². The Morgan fingerprint density at radius 2 is 1.80 bits per heavy atom. The summed E-state index contributed by atoms with van der Waals surface area (Å²) < 4.78 is 37.0. The Morgan fingerprint density at radius 1 is 1.25 bits per heavy atom. The number of benzene rings is 1. The van der Waals surface area contributed by atoms with Crippen LogP contribution in [0.15, 0.2) is 24.3 Å². The molecule has 0 bridgehead atoms. The number of alkyl halides is 3. The zero-order chi connectivity index (χ0) is 14.5. The molecular formula is C13H18ClF3N2O. The van der Waals surface area contributed by atoms with Crippen molar-refractivity contribution in [1.82, 2.24) is 10.6 Å². The maximum atomic E-state index is 12.3. The fraction of sp³-hybridized carbons (Fsp3) is 0.462. The summed E-state index contributed by atoms with van der Waals surface area (Å²) in [6.45, 7) is 2.56. The van der Waals surface area contributed by atoms with Crippen LogP contribution in [0.5, 0.6) is 0 Å². The topological polar surface area (TPSA) is 41.1 Å². The molecule has 0 heterocycles. The van der Waals surface area contributed by atoms with Gasteiger partial charge in [-0.05, 0) is 24.7 Å². The van der Waals surface area contributed by atoms with Gasteiger partial charge in [0.25, 0.3) is 0 Å². The molecule has 1 rings (SSSR count). The van der Waals surface area contributed by atoms with Gasteiger partial charge in [-0.25, -0.2) is 0 Å². The lowest BCUT2D eigenvalue weighted by Gasteiger charge is -2.12. The van der Waals surface area contributed by atoms with E-state index in [-0.39, 0.29) is 30.8 Å². The van der Waals surface area contributed by atoms with Crippen molar-refractivity contribution in [3.05, 3.63) is 35.4 Å². The molecule has 0 spiro atoms. The van der Waals surface area contributed by atoms with Gasteiger partial charge in [0.1, 0.15) is 0 Å². The second kappa shape index (κ2) is 8.11. The van der Waals surface area contributed by atoms with E-state index in [1.807, 2.05) is 0 Å². The molecule has 0 fully saturated rings. The fourth-order valence-electron chi connectivity index (χ4n) is 1.57. The molecule has 2 N–H and O–H groups in total. The predicted molar refractivity (Wildman–Crippen MR) is 73.6 cm³/mol. The summed E-state index contributed by atoms with van der Waals surface area (Å²) in [6, 6.07) is 4.76. The molecule has 0 aliphatic heterocycles. The van der Waals surface area contributed by atoms with Crippen LogP contribution in [-0.2, 0) is 17.5 Å². The first-order valence-electron chi connectivity index (χ1n) is 5.93. The minimum atomic E-state index is -4.33. The fourth-order valence-corrected chi connectivity index (χ4v) is 1.57. The summed E-state index contributed by atoms with van der Waals surface area (Å²) in [5, 5.41) is 5.57. The van der Waals surface area contributed by atoms with Crippen molar-refractivity contribution in [2.75, 3.05) is 13.6 Å². The summed E-state index contributed by atoms with van der Waals surface area (Å²) in [5.74, 6) is -0.311. The molecule has 0 saturated carbocycles. The zero-order valence-electron chi connectivity index (χ0n) is 11.3. The Morgan fingerprint density at radius 3 is 2.25 bits per heavy atom. The van der Waals surface area contributed by atoms with Crippen LogP contribution in [0.3, 0.4) is 0 Å². The average molecular weight is 311 g/mol. The summed E-state index contributed by atoms with van der Waals surface area (Å²) >= 11 is 0. The van der Waals surface area contributed by atoms with Gasteiger partial charge in [0, 0.05) is 19.0 Å². The Bertz CT molecular complexity index is 421. The number of halogens is 4. The third-order valence-electron chi connectivity index (χ3n) is 2.71. The molecule has 1 amide bonds.